The van der Waals surface area contributed by atoms with Crippen LogP contribution >= 0.6 is 34.7 Å². The summed E-state index contributed by atoms with van der Waals surface area (Å²) in [5.41, 5.74) is 5.98. The molecule has 1 aromatic heterocycles. The molecule has 0 fully saturated rings. The second-order valence-corrected chi connectivity index (χ2v) is 5.83. The van der Waals surface area contributed by atoms with E-state index in [4.69, 9.17) is 17.3 Å². The highest BCUT2D eigenvalue weighted by Gasteiger charge is 2.03. The third kappa shape index (κ3) is 3.10. The van der Waals surface area contributed by atoms with Gasteiger partial charge in [0, 0.05) is 27.4 Å². The molecule has 6 heteroatoms. The molecule has 1 heterocycles. The number of nitrogens with two attached hydrogens (primary N) is 1. The summed E-state index contributed by atoms with van der Waals surface area (Å²) in [6, 6.07) is 4.51. The number of hydrogen-bond acceptors (Lipinski definition) is 4. The number of nitrogens with zero attached hydrogens (tertiary/aromatic N) is 1. The van der Waals surface area contributed by atoms with Crippen LogP contribution in [0, 0.1) is 5.82 Å². The minimum Gasteiger partial charge on any atom is -0.399 e. The Bertz CT molecular complexity index is 481. The zero-order chi connectivity index (χ0) is 11.5. The number of thiazole rings is 1. The van der Waals surface area contributed by atoms with Gasteiger partial charge in [-0.2, -0.15) is 0 Å². The van der Waals surface area contributed by atoms with E-state index in [1.807, 2.05) is 0 Å². The molecule has 0 aliphatic carbocycles. The van der Waals surface area contributed by atoms with Gasteiger partial charge in [-0.25, -0.2) is 9.37 Å². The Morgan fingerprint density at radius 1 is 1.44 bits per heavy atom. The first-order chi connectivity index (χ1) is 7.63. The van der Waals surface area contributed by atoms with E-state index >= 15 is 0 Å². The van der Waals surface area contributed by atoms with Gasteiger partial charge in [-0.05, 0) is 18.2 Å². The molecule has 2 rings (SSSR count). The van der Waals surface area contributed by atoms with E-state index in [0.29, 0.717) is 15.9 Å². The highest BCUT2D eigenvalue weighted by molar-refractivity contribution is 7.98. The van der Waals surface area contributed by atoms with Gasteiger partial charge in [0.25, 0.3) is 0 Å². The number of nitrogen functional groups attached to an aromatic ring is 1. The molecule has 0 atom stereocenters. The lowest BCUT2D eigenvalue weighted by molar-refractivity contribution is 0.625. The van der Waals surface area contributed by atoms with Crippen LogP contribution in [-0.4, -0.2) is 4.98 Å². The second kappa shape index (κ2) is 5.03. The average molecular weight is 275 g/mol. The Hall–Kier alpha value is -0.780. The van der Waals surface area contributed by atoms with Gasteiger partial charge in [0.05, 0.1) is 0 Å². The maximum absolute atomic E-state index is 13.0. The van der Waals surface area contributed by atoms with Gasteiger partial charge in [-0.15, -0.1) is 23.1 Å². The molecule has 0 saturated heterocycles. The van der Waals surface area contributed by atoms with E-state index in [-0.39, 0.29) is 5.82 Å². The number of anilines is 1. The molecule has 16 heavy (non-hydrogen) atoms. The van der Waals surface area contributed by atoms with Crippen LogP contribution in [0.4, 0.5) is 10.1 Å². The maximum atomic E-state index is 13.0. The number of halogens is 2. The number of aromatic nitrogens is 1. The standard InChI is InChI=1S/C10H8ClFN2S2/c11-10-14-4-9(16-10)5-15-8-2-6(12)1-7(13)3-8/h1-4H,5,13H2. The van der Waals surface area contributed by atoms with Gasteiger partial charge in [0.15, 0.2) is 4.47 Å². The molecule has 0 bridgehead atoms. The highest BCUT2D eigenvalue weighted by atomic mass is 35.5. The quantitative estimate of drug-likeness (QED) is 0.683. The minimum absolute atomic E-state index is 0.315. The summed E-state index contributed by atoms with van der Waals surface area (Å²) in [4.78, 5) is 5.80. The lowest BCUT2D eigenvalue weighted by Gasteiger charge is -2.01. The Balaban J connectivity index is 2.04. The molecule has 0 aliphatic rings. The summed E-state index contributed by atoms with van der Waals surface area (Å²) in [5, 5.41) is 0. The van der Waals surface area contributed by atoms with Gasteiger partial charge >= 0.3 is 0 Å². The van der Waals surface area contributed by atoms with E-state index in [9.17, 15) is 4.39 Å². The molecular formula is C10H8ClFN2S2. The highest BCUT2D eigenvalue weighted by Crippen LogP contribution is 2.28. The first-order valence-corrected chi connectivity index (χ1v) is 6.60. The van der Waals surface area contributed by atoms with Crippen LogP contribution in [0.15, 0.2) is 29.3 Å². The second-order valence-electron chi connectivity index (χ2n) is 3.09. The van der Waals surface area contributed by atoms with Crippen molar-refractivity contribution in [3.8, 4) is 0 Å². The molecule has 0 spiro atoms. The van der Waals surface area contributed by atoms with E-state index in [1.165, 1.54) is 35.2 Å². The number of benzene rings is 1. The molecule has 2 nitrogen and oxygen atoms in total. The Kier molecular flexibility index (Phi) is 3.68. The summed E-state index contributed by atoms with van der Waals surface area (Å²) in [6.45, 7) is 0. The molecule has 0 saturated carbocycles. The number of thioether (sulfide) groups is 1. The Labute approximate surface area is 106 Å². The van der Waals surface area contributed by atoms with Crippen LogP contribution in [-0.2, 0) is 5.75 Å². The fraction of sp³-hybridized carbons (Fsp3) is 0.100. The maximum Gasteiger partial charge on any atom is 0.183 e. The van der Waals surface area contributed by atoms with Crippen molar-refractivity contribution in [1.29, 1.82) is 0 Å². The lowest BCUT2D eigenvalue weighted by atomic mass is 10.3. The predicted molar refractivity (Wildman–Crippen MR) is 67.5 cm³/mol. The van der Waals surface area contributed by atoms with Crippen LogP contribution in [0.2, 0.25) is 4.47 Å². The van der Waals surface area contributed by atoms with Crippen LogP contribution in [0.25, 0.3) is 0 Å². The fourth-order valence-electron chi connectivity index (χ4n) is 1.17. The summed E-state index contributed by atoms with van der Waals surface area (Å²) >= 11 is 8.64. The molecule has 2 aromatic rings. The molecular weight excluding hydrogens is 267 g/mol. The fourth-order valence-corrected chi connectivity index (χ4v) is 3.16. The normalized spacial score (nSPS) is 10.6. The van der Waals surface area contributed by atoms with Gasteiger partial charge < -0.3 is 5.73 Å². The zero-order valence-electron chi connectivity index (χ0n) is 8.11. The Morgan fingerprint density at radius 2 is 2.25 bits per heavy atom. The molecule has 0 radical (unpaired) electrons. The van der Waals surface area contributed by atoms with Crippen LogP contribution in [0.3, 0.4) is 0 Å². The third-order valence-electron chi connectivity index (χ3n) is 1.80. The van der Waals surface area contributed by atoms with Gasteiger partial charge in [-0.3, -0.25) is 0 Å². The monoisotopic (exact) mass is 274 g/mol. The SMILES string of the molecule is Nc1cc(F)cc(SCc2cnc(Cl)s2)c1. The van der Waals surface area contributed by atoms with Crippen LogP contribution < -0.4 is 5.73 Å². The van der Waals surface area contributed by atoms with E-state index in [1.54, 1.807) is 12.3 Å². The lowest BCUT2D eigenvalue weighted by Crippen LogP contribution is -1.87. The summed E-state index contributed by atoms with van der Waals surface area (Å²) in [6.07, 6.45) is 1.72. The predicted octanol–water partition coefficient (Wildman–Crippen LogP) is 3.81. The first kappa shape index (κ1) is 11.7. The van der Waals surface area contributed by atoms with Crippen molar-refractivity contribution in [2.45, 2.75) is 10.6 Å². The average Bonchev–Trinajstić information content (AvgIpc) is 2.60. The Morgan fingerprint density at radius 3 is 2.88 bits per heavy atom. The summed E-state index contributed by atoms with van der Waals surface area (Å²) in [7, 11) is 0. The summed E-state index contributed by atoms with van der Waals surface area (Å²) < 4.78 is 13.6. The van der Waals surface area contributed by atoms with Crippen molar-refractivity contribution in [1.82, 2.24) is 4.98 Å². The van der Waals surface area contributed by atoms with Crippen LogP contribution in [0.5, 0.6) is 0 Å². The van der Waals surface area contributed by atoms with Gasteiger partial charge in [0.2, 0.25) is 0 Å². The molecule has 84 valence electrons. The molecule has 0 unspecified atom stereocenters. The van der Waals surface area contributed by atoms with Crippen LogP contribution in [0.1, 0.15) is 4.88 Å². The molecule has 0 amide bonds. The van der Waals surface area contributed by atoms with Crippen molar-refractivity contribution >= 4 is 40.4 Å². The number of rotatable bonds is 3. The van der Waals surface area contributed by atoms with E-state index in [2.05, 4.69) is 4.98 Å². The third-order valence-corrected chi connectivity index (χ3v) is 4.12. The van der Waals surface area contributed by atoms with Crippen molar-refractivity contribution in [3.05, 3.63) is 39.6 Å². The van der Waals surface area contributed by atoms with Gasteiger partial charge in [-0.1, -0.05) is 11.6 Å². The minimum atomic E-state index is -0.315. The van der Waals surface area contributed by atoms with Gasteiger partial charge in [0.1, 0.15) is 5.82 Å². The van der Waals surface area contributed by atoms with Crippen molar-refractivity contribution in [2.75, 3.05) is 5.73 Å². The van der Waals surface area contributed by atoms with Crippen molar-refractivity contribution in [3.63, 3.8) is 0 Å². The summed E-state index contributed by atoms with van der Waals surface area (Å²) in [5.74, 6) is 0.401. The van der Waals surface area contributed by atoms with E-state index in [0.717, 1.165) is 9.77 Å². The zero-order valence-corrected chi connectivity index (χ0v) is 10.5. The first-order valence-electron chi connectivity index (χ1n) is 4.42. The van der Waals surface area contributed by atoms with E-state index < -0.39 is 0 Å². The smallest absolute Gasteiger partial charge is 0.183 e. The largest absolute Gasteiger partial charge is 0.399 e. The van der Waals surface area contributed by atoms with Crippen molar-refractivity contribution < 1.29 is 4.39 Å². The van der Waals surface area contributed by atoms with Crippen molar-refractivity contribution in [2.24, 2.45) is 0 Å². The number of hydrogen-bond donors (Lipinski definition) is 1. The molecule has 0 aliphatic heterocycles. The molecule has 1 aromatic carbocycles. The topological polar surface area (TPSA) is 38.9 Å². The molecule has 2 N–H and O–H groups in total.